The number of Topliss-reactive ketones (excluding diaryl/α,β-unsaturated/α-hetero) is 1. The Morgan fingerprint density at radius 1 is 0.800 bits per heavy atom. The van der Waals surface area contributed by atoms with Crippen LogP contribution in [0.1, 0.15) is 106 Å². The summed E-state index contributed by atoms with van der Waals surface area (Å²) in [6.07, 6.45) is -9.01. The molecule has 1 aliphatic heterocycles. The highest BCUT2D eigenvalue weighted by Gasteiger charge is 2.78. The van der Waals surface area contributed by atoms with Gasteiger partial charge in [-0.2, -0.15) is 0 Å². The lowest BCUT2D eigenvalue weighted by Crippen LogP contribution is -2.82. The lowest BCUT2D eigenvalue weighted by Gasteiger charge is -2.69. The number of aliphatic hydroxyl groups is 3. The fraction of sp³-hybridized carbons (Fsp3) is 0.426. The topological polar surface area (TPSA) is 266 Å². The van der Waals surface area contributed by atoms with Gasteiger partial charge in [0, 0.05) is 62.5 Å². The largest absolute Gasteiger partial charge is 0.493 e. The predicted octanol–water partition coefficient (Wildman–Crippen LogP) is 6.16. The number of ketones is 1. The molecule has 0 radical (unpaired) electrons. The maximum absolute atomic E-state index is 14.9. The molecule has 1 heterocycles. The number of hydrogen-bond acceptors (Lipinski definition) is 18. The summed E-state index contributed by atoms with van der Waals surface area (Å²) in [6.45, 7) is 9.34. The number of carbonyl (C=O) groups excluding carboxylic acids is 7. The van der Waals surface area contributed by atoms with Gasteiger partial charge in [-0.1, -0.05) is 93.6 Å². The van der Waals surface area contributed by atoms with Crippen molar-refractivity contribution < 1.29 is 86.8 Å². The van der Waals surface area contributed by atoms with E-state index in [0.717, 1.165) is 13.0 Å². The number of benzene rings is 4. The highest BCUT2D eigenvalue weighted by Crippen LogP contribution is 2.65. The van der Waals surface area contributed by atoms with Crippen LogP contribution in [0.2, 0.25) is 0 Å². The molecule has 12 atom stereocenters. The van der Waals surface area contributed by atoms with Crippen molar-refractivity contribution in [2.75, 3.05) is 20.3 Å². The molecule has 3 fully saturated rings. The van der Waals surface area contributed by atoms with E-state index in [4.69, 9.17) is 37.9 Å². The number of rotatable bonds is 18. The second kappa shape index (κ2) is 23.7. The van der Waals surface area contributed by atoms with Crippen molar-refractivity contribution in [1.82, 2.24) is 5.32 Å². The molecule has 4 aliphatic rings. The van der Waals surface area contributed by atoms with Crippen LogP contribution in [-0.4, -0.2) is 131 Å². The first kappa shape index (κ1) is 58.6. The van der Waals surface area contributed by atoms with Crippen LogP contribution in [0, 0.1) is 16.7 Å². The molecular formula is C61H67NO18. The molecule has 3 aliphatic carbocycles. The number of carbonyl (C=O) groups is 7. The first-order valence-electron chi connectivity index (χ1n) is 26.3. The van der Waals surface area contributed by atoms with Crippen LogP contribution in [0.4, 0.5) is 0 Å². The lowest BCUT2D eigenvalue weighted by molar-refractivity contribution is -0.365. The van der Waals surface area contributed by atoms with E-state index in [1.807, 2.05) is 0 Å². The molecule has 0 aromatic heterocycles. The quantitative estimate of drug-likeness (QED) is 0.0286. The highest BCUT2D eigenvalue weighted by molar-refractivity contribution is 5.96. The Morgan fingerprint density at radius 2 is 1.44 bits per heavy atom. The summed E-state index contributed by atoms with van der Waals surface area (Å²) in [5.41, 5.74) is -5.68. The molecule has 2 saturated carbocycles. The van der Waals surface area contributed by atoms with E-state index in [1.54, 1.807) is 106 Å². The Balaban J connectivity index is 1.18. The lowest BCUT2D eigenvalue weighted by atomic mass is 9.44. The van der Waals surface area contributed by atoms with E-state index >= 15 is 0 Å². The molecule has 19 nitrogen and oxygen atoms in total. The highest BCUT2D eigenvalue weighted by atomic mass is 16.6. The van der Waals surface area contributed by atoms with Crippen molar-refractivity contribution in [2.45, 2.75) is 128 Å². The second-order valence-electron chi connectivity index (χ2n) is 21.5. The van der Waals surface area contributed by atoms with Gasteiger partial charge in [-0.25, -0.2) is 9.59 Å². The second-order valence-corrected chi connectivity index (χ2v) is 21.5. The predicted molar refractivity (Wildman–Crippen MR) is 285 cm³/mol. The number of methoxy groups -OCH3 is 1. The number of fused-ring (bicyclic) bond motifs is 5. The fourth-order valence-corrected chi connectivity index (χ4v) is 12.2. The first-order valence-corrected chi connectivity index (χ1v) is 26.3. The molecule has 4 aromatic carbocycles. The van der Waals surface area contributed by atoms with Crippen LogP contribution < -0.4 is 14.8 Å². The average Bonchev–Trinajstić information content (AvgIpc) is 2.10. The van der Waals surface area contributed by atoms with E-state index < -0.39 is 131 Å². The Hall–Kier alpha value is -7.55. The molecule has 4 N–H and O–H groups in total. The summed E-state index contributed by atoms with van der Waals surface area (Å²) in [7, 11) is 1.38. The first-order chi connectivity index (χ1) is 38.0. The number of hydrogen-bond donors (Lipinski definition) is 4. The van der Waals surface area contributed by atoms with Gasteiger partial charge in [0.2, 0.25) is 0 Å². The number of esters is 5. The fourth-order valence-electron chi connectivity index (χ4n) is 12.2. The summed E-state index contributed by atoms with van der Waals surface area (Å²) >= 11 is 0. The van der Waals surface area contributed by atoms with Crippen LogP contribution in [0.15, 0.2) is 126 Å². The number of ether oxygens (including phenoxy) is 8. The Morgan fingerprint density at radius 3 is 2.02 bits per heavy atom. The number of nitrogens with one attached hydrogen (secondary N) is 1. The zero-order valence-corrected chi connectivity index (χ0v) is 45.7. The Kier molecular flexibility index (Phi) is 17.3. The van der Waals surface area contributed by atoms with E-state index in [1.165, 1.54) is 58.2 Å². The third-order valence-electron chi connectivity index (χ3n) is 16.3. The maximum atomic E-state index is 14.9. The minimum absolute atomic E-state index is 0.0963. The summed E-state index contributed by atoms with van der Waals surface area (Å²) in [6, 6.07) is 27.9. The summed E-state index contributed by atoms with van der Waals surface area (Å²) < 4.78 is 47.9. The SMILES string of the molecule is COc1cc(/C=C/C(=O)OC(C(=O)CCO[C@H]2CC3(O)[C@@H](OC(=O)c4ccccc4)C4[C@]5(OC(C)=O)COC5C[C@H](O)[C@@]4(C)C(O)[C@H](OC(C)=O)C(=C2C)C3(C)C)C(NC(=O)c2ccccc2)c2ccccc2)ccc1OC(C)=O. The molecule has 1 amide bonds. The van der Waals surface area contributed by atoms with Crippen LogP contribution in [-0.2, 0) is 52.4 Å². The van der Waals surface area contributed by atoms with Crippen molar-refractivity contribution in [2.24, 2.45) is 16.7 Å². The van der Waals surface area contributed by atoms with Gasteiger partial charge in [0.05, 0.1) is 50.1 Å². The standard InChI is InChI=1S/C61H67NO18/c1-34-45(74-29-28-42(66)51(50(39-18-12-9-13-19-39)62-56(70)40-20-14-10-15-21-40)78-48(68)27-25-38-24-26-43(76-35(2)63)44(30-38)73-8)32-61(72)55(79-57(71)41-22-16-11-17-23-41)53-59(7,46(67)31-47-60(53,33-75-47)80-37(4)65)54(69)52(77-36(3)64)49(34)58(61,5)6/h9-27,30,45-47,50-55,67,69,72H,28-29,31-33H2,1-8H3,(H,62,70)/b27-25+/t45-,46-,47?,50?,51?,52+,53?,54?,55-,59+,60-,61?/m0/s1. The van der Waals surface area contributed by atoms with Crippen LogP contribution in [0.25, 0.3) is 6.08 Å². The Labute approximate surface area is 463 Å². The van der Waals surface area contributed by atoms with Gasteiger partial charge in [0.1, 0.15) is 23.9 Å². The molecule has 1 saturated heterocycles. The summed E-state index contributed by atoms with van der Waals surface area (Å²) in [4.78, 5) is 95.4. The summed E-state index contributed by atoms with van der Waals surface area (Å²) in [5, 5.41) is 42.1. The van der Waals surface area contributed by atoms with Crippen LogP contribution in [0.3, 0.4) is 0 Å². The average molecular weight is 1100 g/mol. The van der Waals surface area contributed by atoms with Crippen molar-refractivity contribution in [3.63, 3.8) is 0 Å². The normalized spacial score (nSPS) is 28.2. The van der Waals surface area contributed by atoms with Gasteiger partial charge in [0.15, 0.2) is 35.1 Å². The van der Waals surface area contributed by atoms with Crippen molar-refractivity contribution in [1.29, 1.82) is 0 Å². The van der Waals surface area contributed by atoms with Crippen molar-refractivity contribution >= 4 is 47.6 Å². The molecule has 80 heavy (non-hydrogen) atoms. The van der Waals surface area contributed by atoms with E-state index in [0.29, 0.717) is 16.7 Å². The van der Waals surface area contributed by atoms with Crippen molar-refractivity contribution in [3.05, 3.63) is 149 Å². The van der Waals surface area contributed by atoms with Crippen LogP contribution >= 0.6 is 0 Å². The third-order valence-corrected chi connectivity index (χ3v) is 16.3. The molecule has 19 heteroatoms. The van der Waals surface area contributed by atoms with Gasteiger partial charge in [-0.05, 0) is 71.7 Å². The zero-order valence-electron chi connectivity index (χ0n) is 45.7. The number of aliphatic hydroxyl groups excluding tert-OH is 2. The maximum Gasteiger partial charge on any atom is 0.338 e. The monoisotopic (exact) mass is 1100 g/mol. The van der Waals surface area contributed by atoms with E-state index in [-0.39, 0.29) is 47.6 Å². The third kappa shape index (κ3) is 11.3. The van der Waals surface area contributed by atoms with Gasteiger partial charge in [-0.15, -0.1) is 0 Å². The minimum atomic E-state index is -2.29. The van der Waals surface area contributed by atoms with E-state index in [2.05, 4.69) is 5.32 Å². The van der Waals surface area contributed by atoms with E-state index in [9.17, 15) is 48.9 Å². The molecular weight excluding hydrogens is 1030 g/mol. The Bertz CT molecular complexity index is 3050. The molecule has 0 spiro atoms. The minimum Gasteiger partial charge on any atom is -0.493 e. The molecule has 424 valence electrons. The van der Waals surface area contributed by atoms with Gasteiger partial charge in [-0.3, -0.25) is 24.0 Å². The molecule has 4 aromatic rings. The number of amides is 1. The van der Waals surface area contributed by atoms with Gasteiger partial charge < -0.3 is 58.5 Å². The molecule has 6 unspecified atom stereocenters. The molecule has 8 rings (SSSR count). The van der Waals surface area contributed by atoms with Gasteiger partial charge in [0.25, 0.3) is 5.91 Å². The zero-order chi connectivity index (χ0) is 57.9. The summed E-state index contributed by atoms with van der Waals surface area (Å²) in [5.74, 6) is -6.39. The molecule has 2 bridgehead atoms. The van der Waals surface area contributed by atoms with Crippen molar-refractivity contribution in [3.8, 4) is 11.5 Å². The van der Waals surface area contributed by atoms with Crippen LogP contribution in [0.5, 0.6) is 11.5 Å². The van der Waals surface area contributed by atoms with Gasteiger partial charge >= 0.3 is 29.8 Å². The smallest absolute Gasteiger partial charge is 0.338 e.